The third-order valence-electron chi connectivity index (χ3n) is 5.23. The van der Waals surface area contributed by atoms with E-state index in [0.717, 1.165) is 15.9 Å². The van der Waals surface area contributed by atoms with Crippen molar-refractivity contribution in [1.29, 1.82) is 0 Å². The van der Waals surface area contributed by atoms with Crippen LogP contribution >= 0.6 is 0 Å². The van der Waals surface area contributed by atoms with Gasteiger partial charge in [-0.25, -0.2) is 14.7 Å². The van der Waals surface area contributed by atoms with Crippen LogP contribution in [-0.4, -0.2) is 45.1 Å². The number of hydrogen-bond donors (Lipinski definition) is 3. The van der Waals surface area contributed by atoms with Gasteiger partial charge in [0.2, 0.25) is 5.91 Å². The summed E-state index contributed by atoms with van der Waals surface area (Å²) in [4.78, 5) is 42.5. The number of carbonyl (C=O) groups is 3. The number of carbonyl (C=O) groups excluding carboxylic acids is 3. The molecule has 0 saturated carbocycles. The zero-order valence-electron chi connectivity index (χ0n) is 16.8. The van der Waals surface area contributed by atoms with Crippen LogP contribution in [0.4, 0.5) is 10.5 Å². The molecule has 1 atom stereocenters. The Morgan fingerprint density at radius 1 is 1.10 bits per heavy atom. The van der Waals surface area contributed by atoms with Crippen LogP contribution in [0.3, 0.4) is 0 Å². The Morgan fingerprint density at radius 2 is 1.84 bits per heavy atom. The first kappa shape index (κ1) is 20.5. The Kier molecular flexibility index (Phi) is 5.94. The maximum atomic E-state index is 12.6. The largest absolute Gasteiger partial charge is 0.388 e. The molecule has 9 heteroatoms. The molecule has 0 aliphatic carbocycles. The van der Waals surface area contributed by atoms with E-state index in [1.54, 1.807) is 30.3 Å². The number of aliphatic hydroxyl groups excluding tert-OH is 1. The van der Waals surface area contributed by atoms with Crippen molar-refractivity contribution in [3.63, 3.8) is 0 Å². The Morgan fingerprint density at radius 3 is 2.61 bits per heavy atom. The maximum absolute atomic E-state index is 12.6. The fourth-order valence-electron chi connectivity index (χ4n) is 3.72. The van der Waals surface area contributed by atoms with E-state index in [0.29, 0.717) is 24.6 Å². The monoisotopic (exact) mass is 421 g/mol. The highest BCUT2D eigenvalue weighted by atomic mass is 16.3. The molecular formula is C22H23N5O4. The van der Waals surface area contributed by atoms with Crippen molar-refractivity contribution >= 4 is 34.6 Å². The van der Waals surface area contributed by atoms with Gasteiger partial charge in [0.05, 0.1) is 16.7 Å². The average Bonchev–Trinajstić information content (AvgIpc) is 3.29. The fraction of sp³-hybridized carbons (Fsp3) is 0.273. The molecule has 1 aliphatic heterocycles. The molecule has 0 unspecified atom stereocenters. The van der Waals surface area contributed by atoms with E-state index in [-0.39, 0.29) is 31.3 Å². The van der Waals surface area contributed by atoms with Crippen LogP contribution in [0.25, 0.3) is 11.0 Å². The minimum atomic E-state index is -0.725. The molecule has 0 spiro atoms. The van der Waals surface area contributed by atoms with E-state index >= 15 is 0 Å². The number of imide groups is 1. The molecule has 0 bridgehead atoms. The standard InChI is InChI=1S/C22H23N5O4/c28-14-19-24-16-8-4-5-9-18(16)26(19)13-12-23-20(29)11-10-17-21(30)27(22(31)25-17)15-6-2-1-3-7-15/h1-9,17,28H,10-14H2,(H,23,29)(H,25,31)/t17-/m1/s1. The van der Waals surface area contributed by atoms with E-state index in [4.69, 9.17) is 0 Å². The van der Waals surface area contributed by atoms with Crippen LogP contribution < -0.4 is 15.5 Å². The summed E-state index contributed by atoms with van der Waals surface area (Å²) < 4.78 is 1.87. The number of nitrogens with one attached hydrogen (secondary N) is 2. The van der Waals surface area contributed by atoms with E-state index in [9.17, 15) is 19.5 Å². The van der Waals surface area contributed by atoms with Gasteiger partial charge < -0.3 is 20.3 Å². The highest BCUT2D eigenvalue weighted by molar-refractivity contribution is 6.21. The van der Waals surface area contributed by atoms with Crippen molar-refractivity contribution in [3.8, 4) is 0 Å². The number of urea groups is 1. The number of imidazole rings is 1. The first-order valence-electron chi connectivity index (χ1n) is 10.1. The SMILES string of the molecule is O=C(CC[C@H]1NC(=O)N(c2ccccc2)C1=O)NCCn1c(CO)nc2ccccc21. The summed E-state index contributed by atoms with van der Waals surface area (Å²) >= 11 is 0. The van der Waals surface area contributed by atoms with Gasteiger partial charge in [-0.05, 0) is 30.7 Å². The second kappa shape index (κ2) is 8.97. The third kappa shape index (κ3) is 4.26. The van der Waals surface area contributed by atoms with Gasteiger partial charge in [0.25, 0.3) is 5.91 Å². The first-order chi connectivity index (χ1) is 15.1. The molecule has 4 rings (SSSR count). The molecule has 1 aromatic heterocycles. The number of aliphatic hydroxyl groups is 1. The Balaban J connectivity index is 1.29. The number of benzene rings is 2. The van der Waals surface area contributed by atoms with E-state index in [2.05, 4.69) is 15.6 Å². The molecule has 1 saturated heterocycles. The summed E-state index contributed by atoms with van der Waals surface area (Å²) in [6.45, 7) is 0.625. The van der Waals surface area contributed by atoms with Gasteiger partial charge >= 0.3 is 6.03 Å². The van der Waals surface area contributed by atoms with Gasteiger partial charge in [-0.15, -0.1) is 0 Å². The fourth-order valence-corrected chi connectivity index (χ4v) is 3.72. The van der Waals surface area contributed by atoms with Gasteiger partial charge in [0, 0.05) is 19.5 Å². The van der Waals surface area contributed by atoms with Crippen LogP contribution in [0.15, 0.2) is 54.6 Å². The van der Waals surface area contributed by atoms with Crippen LogP contribution in [0.5, 0.6) is 0 Å². The maximum Gasteiger partial charge on any atom is 0.329 e. The zero-order chi connectivity index (χ0) is 21.8. The summed E-state index contributed by atoms with van der Waals surface area (Å²) in [5.74, 6) is -0.0348. The third-order valence-corrected chi connectivity index (χ3v) is 5.23. The topological polar surface area (TPSA) is 117 Å². The smallest absolute Gasteiger partial charge is 0.329 e. The summed E-state index contributed by atoms with van der Waals surface area (Å²) in [6, 6.07) is 15.0. The molecule has 2 heterocycles. The average molecular weight is 421 g/mol. The second-order valence-corrected chi connectivity index (χ2v) is 7.23. The number of nitrogens with zero attached hydrogens (tertiary/aromatic N) is 3. The normalized spacial score (nSPS) is 16.0. The summed E-state index contributed by atoms with van der Waals surface area (Å²) in [7, 11) is 0. The van der Waals surface area contributed by atoms with E-state index < -0.39 is 12.1 Å². The van der Waals surface area contributed by atoms with Crippen molar-refractivity contribution in [3.05, 3.63) is 60.4 Å². The molecule has 4 amide bonds. The molecule has 3 aromatic rings. The molecule has 2 aromatic carbocycles. The van der Waals surface area contributed by atoms with Crippen molar-refractivity contribution in [2.24, 2.45) is 0 Å². The highest BCUT2D eigenvalue weighted by Crippen LogP contribution is 2.20. The van der Waals surface area contributed by atoms with Gasteiger partial charge in [-0.1, -0.05) is 30.3 Å². The van der Waals surface area contributed by atoms with Gasteiger partial charge in [0.15, 0.2) is 0 Å². The highest BCUT2D eigenvalue weighted by Gasteiger charge is 2.38. The van der Waals surface area contributed by atoms with Crippen LogP contribution in [0, 0.1) is 0 Å². The molecular weight excluding hydrogens is 398 g/mol. The lowest BCUT2D eigenvalue weighted by Gasteiger charge is -2.13. The quantitative estimate of drug-likeness (QED) is 0.477. The lowest BCUT2D eigenvalue weighted by Crippen LogP contribution is -2.33. The van der Waals surface area contributed by atoms with Gasteiger partial charge in [0.1, 0.15) is 18.5 Å². The lowest BCUT2D eigenvalue weighted by molar-refractivity contribution is -0.121. The summed E-state index contributed by atoms with van der Waals surface area (Å²) in [5.41, 5.74) is 2.18. The van der Waals surface area contributed by atoms with Crippen LogP contribution in [0.1, 0.15) is 18.7 Å². The number of hydrogen-bond acceptors (Lipinski definition) is 5. The van der Waals surface area contributed by atoms with E-state index in [1.165, 1.54) is 0 Å². The number of fused-ring (bicyclic) bond motifs is 1. The van der Waals surface area contributed by atoms with Crippen LogP contribution in [-0.2, 0) is 22.7 Å². The molecule has 3 N–H and O–H groups in total. The zero-order valence-corrected chi connectivity index (χ0v) is 16.8. The van der Waals surface area contributed by atoms with Crippen molar-refractivity contribution < 1.29 is 19.5 Å². The van der Waals surface area contributed by atoms with Crippen molar-refractivity contribution in [1.82, 2.24) is 20.2 Å². The predicted molar refractivity (Wildman–Crippen MR) is 114 cm³/mol. The Hall–Kier alpha value is -3.72. The minimum absolute atomic E-state index is 0.108. The van der Waals surface area contributed by atoms with Crippen molar-refractivity contribution in [2.45, 2.75) is 32.0 Å². The molecule has 1 aliphatic rings. The van der Waals surface area contributed by atoms with E-state index in [1.807, 2.05) is 28.8 Å². The molecule has 1 fully saturated rings. The lowest BCUT2D eigenvalue weighted by atomic mass is 10.1. The van der Waals surface area contributed by atoms with Gasteiger partial charge in [-0.2, -0.15) is 0 Å². The van der Waals surface area contributed by atoms with Crippen LogP contribution in [0.2, 0.25) is 0 Å². The second-order valence-electron chi connectivity index (χ2n) is 7.23. The molecule has 0 radical (unpaired) electrons. The van der Waals surface area contributed by atoms with Crippen molar-refractivity contribution in [2.75, 3.05) is 11.4 Å². The number of rotatable bonds is 8. The Bertz CT molecular complexity index is 1110. The molecule has 160 valence electrons. The number of aromatic nitrogens is 2. The number of para-hydroxylation sites is 3. The summed E-state index contributed by atoms with van der Waals surface area (Å²) in [6.07, 6.45) is 0.326. The minimum Gasteiger partial charge on any atom is -0.388 e. The Labute approximate surface area is 178 Å². The van der Waals surface area contributed by atoms with Gasteiger partial charge in [-0.3, -0.25) is 9.59 Å². The molecule has 9 nitrogen and oxygen atoms in total. The first-order valence-corrected chi connectivity index (χ1v) is 10.1. The summed E-state index contributed by atoms with van der Waals surface area (Å²) in [5, 5.41) is 15.0. The molecule has 31 heavy (non-hydrogen) atoms. The number of amides is 4. The number of anilines is 1. The predicted octanol–water partition coefficient (Wildman–Crippen LogP) is 1.55.